The van der Waals surface area contributed by atoms with Crippen LogP contribution in [0.5, 0.6) is 0 Å². The van der Waals surface area contributed by atoms with Gasteiger partial charge in [-0.2, -0.15) is 0 Å². The van der Waals surface area contributed by atoms with Gasteiger partial charge >= 0.3 is 0 Å². The van der Waals surface area contributed by atoms with Crippen molar-refractivity contribution in [3.05, 3.63) is 12.7 Å². The van der Waals surface area contributed by atoms with E-state index in [4.69, 9.17) is 4.74 Å². The molecule has 0 spiro atoms. The maximum absolute atomic E-state index is 11.8. The van der Waals surface area contributed by atoms with Crippen LogP contribution in [0.4, 0.5) is 0 Å². The molecule has 0 saturated carbocycles. The fraction of sp³-hybridized carbons (Fsp3) is 0.800. The lowest BCUT2D eigenvalue weighted by molar-refractivity contribution is -0.122. The molecule has 1 rings (SSSR count). The van der Waals surface area contributed by atoms with Crippen molar-refractivity contribution in [3.63, 3.8) is 0 Å². The molecule has 4 nitrogen and oxygen atoms in total. The van der Waals surface area contributed by atoms with Crippen molar-refractivity contribution >= 4 is 5.91 Å². The lowest BCUT2D eigenvalue weighted by atomic mass is 9.85. The second-order valence-electron chi connectivity index (χ2n) is 5.33. The van der Waals surface area contributed by atoms with E-state index >= 15 is 0 Å². The second kappa shape index (κ2) is 9.98. The Morgan fingerprint density at radius 1 is 1.58 bits per heavy atom. The lowest BCUT2D eigenvalue weighted by Crippen LogP contribution is -2.36. The molecule has 4 heteroatoms. The molecule has 0 aromatic rings. The van der Waals surface area contributed by atoms with Crippen molar-refractivity contribution in [2.75, 3.05) is 32.8 Å². The van der Waals surface area contributed by atoms with Crippen LogP contribution in [0.3, 0.4) is 0 Å². The minimum Gasteiger partial charge on any atom is -0.379 e. The van der Waals surface area contributed by atoms with E-state index < -0.39 is 0 Å². The summed E-state index contributed by atoms with van der Waals surface area (Å²) in [5.41, 5.74) is 0. The molecule has 1 amide bonds. The van der Waals surface area contributed by atoms with Gasteiger partial charge in [-0.3, -0.25) is 4.79 Å². The van der Waals surface area contributed by atoms with Gasteiger partial charge in [-0.1, -0.05) is 13.0 Å². The number of nitrogens with one attached hydrogen (secondary N) is 2. The maximum Gasteiger partial charge on any atom is 0.220 e. The average Bonchev–Trinajstić information content (AvgIpc) is 2.43. The second-order valence-corrected chi connectivity index (χ2v) is 5.33. The van der Waals surface area contributed by atoms with E-state index in [1.165, 1.54) is 12.8 Å². The number of amides is 1. The van der Waals surface area contributed by atoms with Gasteiger partial charge in [0.15, 0.2) is 0 Å². The number of rotatable bonds is 9. The highest BCUT2D eigenvalue weighted by Gasteiger charge is 2.21. The Morgan fingerprint density at radius 3 is 3.11 bits per heavy atom. The SMILES string of the molecule is C=CCCOCCNC(=O)CC(C)C1CCCNC1. The number of hydrogen-bond acceptors (Lipinski definition) is 3. The number of carbonyl (C=O) groups is 1. The minimum atomic E-state index is 0.144. The van der Waals surface area contributed by atoms with Crippen LogP contribution in [-0.4, -0.2) is 38.8 Å². The zero-order valence-electron chi connectivity index (χ0n) is 12.1. The van der Waals surface area contributed by atoms with Crippen LogP contribution in [0.2, 0.25) is 0 Å². The van der Waals surface area contributed by atoms with E-state index in [0.717, 1.165) is 19.5 Å². The first-order valence-electron chi connectivity index (χ1n) is 7.40. The largest absolute Gasteiger partial charge is 0.379 e. The van der Waals surface area contributed by atoms with Crippen molar-refractivity contribution in [2.45, 2.75) is 32.6 Å². The Labute approximate surface area is 117 Å². The summed E-state index contributed by atoms with van der Waals surface area (Å²) in [6.45, 7) is 9.85. The number of ether oxygens (including phenoxy) is 1. The van der Waals surface area contributed by atoms with Crippen LogP contribution in [0, 0.1) is 11.8 Å². The summed E-state index contributed by atoms with van der Waals surface area (Å²) in [6, 6.07) is 0. The summed E-state index contributed by atoms with van der Waals surface area (Å²) in [5.74, 6) is 1.24. The number of piperidine rings is 1. The first-order chi connectivity index (χ1) is 9.24. The quantitative estimate of drug-likeness (QED) is 0.494. The Bertz CT molecular complexity index is 263. The highest BCUT2D eigenvalue weighted by atomic mass is 16.5. The third-order valence-corrected chi connectivity index (χ3v) is 3.68. The molecule has 0 bridgehead atoms. The summed E-state index contributed by atoms with van der Waals surface area (Å²) >= 11 is 0. The van der Waals surface area contributed by atoms with Gasteiger partial charge in [0.25, 0.3) is 0 Å². The molecule has 1 aliphatic rings. The molecule has 0 aromatic heterocycles. The van der Waals surface area contributed by atoms with Crippen molar-refractivity contribution in [2.24, 2.45) is 11.8 Å². The van der Waals surface area contributed by atoms with Crippen LogP contribution in [0.25, 0.3) is 0 Å². The van der Waals surface area contributed by atoms with Crippen molar-refractivity contribution in [3.8, 4) is 0 Å². The molecule has 1 aliphatic heterocycles. The van der Waals surface area contributed by atoms with Crippen molar-refractivity contribution < 1.29 is 9.53 Å². The first-order valence-corrected chi connectivity index (χ1v) is 7.40. The molecular weight excluding hydrogens is 240 g/mol. The Balaban J connectivity index is 2.04. The molecule has 1 heterocycles. The standard InChI is InChI=1S/C15H28N2O2/c1-3-4-9-19-10-8-17-15(18)11-13(2)14-6-5-7-16-12-14/h3,13-14,16H,1,4-12H2,2H3,(H,17,18). The van der Waals surface area contributed by atoms with E-state index in [1.807, 2.05) is 6.08 Å². The molecule has 0 aromatic carbocycles. The van der Waals surface area contributed by atoms with Gasteiger partial charge in [0.05, 0.1) is 13.2 Å². The van der Waals surface area contributed by atoms with E-state index in [0.29, 0.717) is 38.0 Å². The monoisotopic (exact) mass is 268 g/mol. The molecule has 0 radical (unpaired) electrons. The normalized spacial score (nSPS) is 20.8. The van der Waals surface area contributed by atoms with Gasteiger partial charge in [0.1, 0.15) is 0 Å². The van der Waals surface area contributed by atoms with Crippen LogP contribution in [0.1, 0.15) is 32.6 Å². The fourth-order valence-corrected chi connectivity index (χ4v) is 2.43. The Hall–Kier alpha value is -0.870. The highest BCUT2D eigenvalue weighted by Crippen LogP contribution is 2.22. The third-order valence-electron chi connectivity index (χ3n) is 3.68. The molecule has 1 fully saturated rings. The average molecular weight is 268 g/mol. The first kappa shape index (κ1) is 16.2. The van der Waals surface area contributed by atoms with Gasteiger partial charge in [-0.05, 0) is 44.2 Å². The van der Waals surface area contributed by atoms with E-state index in [-0.39, 0.29) is 5.91 Å². The Kier molecular flexibility index (Phi) is 8.50. The molecule has 19 heavy (non-hydrogen) atoms. The molecular formula is C15H28N2O2. The minimum absolute atomic E-state index is 0.144. The van der Waals surface area contributed by atoms with Crippen LogP contribution in [0.15, 0.2) is 12.7 Å². The summed E-state index contributed by atoms with van der Waals surface area (Å²) in [4.78, 5) is 11.8. The number of hydrogen-bond donors (Lipinski definition) is 2. The highest BCUT2D eigenvalue weighted by molar-refractivity contribution is 5.76. The van der Waals surface area contributed by atoms with E-state index in [9.17, 15) is 4.79 Å². The predicted octanol–water partition coefficient (Wildman–Crippen LogP) is 1.72. The summed E-state index contributed by atoms with van der Waals surface area (Å²) in [5, 5.41) is 6.32. The fourth-order valence-electron chi connectivity index (χ4n) is 2.43. The summed E-state index contributed by atoms with van der Waals surface area (Å²) < 4.78 is 5.35. The predicted molar refractivity (Wildman–Crippen MR) is 78.0 cm³/mol. The third kappa shape index (κ3) is 7.33. The van der Waals surface area contributed by atoms with Gasteiger partial charge in [-0.25, -0.2) is 0 Å². The van der Waals surface area contributed by atoms with Crippen LogP contribution < -0.4 is 10.6 Å². The zero-order valence-corrected chi connectivity index (χ0v) is 12.1. The molecule has 2 N–H and O–H groups in total. The molecule has 1 saturated heterocycles. The molecule has 2 atom stereocenters. The van der Waals surface area contributed by atoms with E-state index in [2.05, 4.69) is 24.1 Å². The molecule has 0 aliphatic carbocycles. The van der Waals surface area contributed by atoms with Crippen molar-refractivity contribution in [1.82, 2.24) is 10.6 Å². The van der Waals surface area contributed by atoms with E-state index in [1.54, 1.807) is 0 Å². The van der Waals surface area contributed by atoms with Crippen LogP contribution >= 0.6 is 0 Å². The molecule has 2 unspecified atom stereocenters. The lowest BCUT2D eigenvalue weighted by Gasteiger charge is -2.28. The summed E-state index contributed by atoms with van der Waals surface area (Å²) in [7, 11) is 0. The van der Waals surface area contributed by atoms with Crippen molar-refractivity contribution in [1.29, 1.82) is 0 Å². The van der Waals surface area contributed by atoms with Crippen LogP contribution in [-0.2, 0) is 9.53 Å². The van der Waals surface area contributed by atoms with Gasteiger partial charge in [0, 0.05) is 13.0 Å². The smallest absolute Gasteiger partial charge is 0.220 e. The Morgan fingerprint density at radius 2 is 2.42 bits per heavy atom. The maximum atomic E-state index is 11.8. The number of carbonyl (C=O) groups excluding carboxylic acids is 1. The topological polar surface area (TPSA) is 50.4 Å². The zero-order chi connectivity index (χ0) is 13.9. The van der Waals surface area contributed by atoms with Gasteiger partial charge in [0.2, 0.25) is 5.91 Å². The van der Waals surface area contributed by atoms with Gasteiger partial charge in [-0.15, -0.1) is 6.58 Å². The molecule has 110 valence electrons. The summed E-state index contributed by atoms with van der Waals surface area (Å²) in [6.07, 6.45) is 5.79. The van der Waals surface area contributed by atoms with Gasteiger partial charge < -0.3 is 15.4 Å².